The van der Waals surface area contributed by atoms with E-state index in [2.05, 4.69) is 5.29 Å². The van der Waals surface area contributed by atoms with Crippen molar-refractivity contribution < 1.29 is 35.1 Å². The zero-order valence-electron chi connectivity index (χ0n) is 12.3. The van der Waals surface area contributed by atoms with Crippen LogP contribution in [0.4, 0.5) is 4.79 Å². The number of hydrogen-bond donors (Lipinski definition) is 6. The average molecular weight is 358 g/mol. The molecule has 0 spiro atoms. The number of nitrogens with zero attached hydrogens (tertiary/aromatic N) is 2. The van der Waals surface area contributed by atoms with Gasteiger partial charge in [-0.3, -0.25) is 0 Å². The molecule has 1 aliphatic heterocycles. The largest absolute Gasteiger partial charge is 0.394 e. The summed E-state index contributed by atoms with van der Waals surface area (Å²) >= 11 is 5.40. The van der Waals surface area contributed by atoms with E-state index in [1.165, 1.54) is 6.92 Å². The van der Waals surface area contributed by atoms with Crippen molar-refractivity contribution in [3.05, 3.63) is 4.91 Å². The van der Waals surface area contributed by atoms with E-state index in [-0.39, 0.29) is 18.8 Å². The SMILES string of the molecule is CC[C@]1(O)O[C@H](CO)[C@@H](O)[C@H](O)[C@]1(O)NC(=O)N(CCCl)N=O. The van der Waals surface area contributed by atoms with Crippen LogP contribution in [0, 0.1) is 4.91 Å². The maximum Gasteiger partial charge on any atom is 0.342 e. The van der Waals surface area contributed by atoms with Crippen molar-refractivity contribution >= 4 is 17.6 Å². The molecule has 5 atom stereocenters. The summed E-state index contributed by atoms with van der Waals surface area (Å²) in [5, 5.41) is 54.5. The highest BCUT2D eigenvalue weighted by molar-refractivity contribution is 6.18. The molecular formula is C11H20ClN3O8. The summed E-state index contributed by atoms with van der Waals surface area (Å²) in [5.41, 5.74) is -2.86. The topological polar surface area (TPSA) is 172 Å². The summed E-state index contributed by atoms with van der Waals surface area (Å²) in [4.78, 5) is 22.5. The highest BCUT2D eigenvalue weighted by atomic mass is 35.5. The number of ether oxygens (including phenoxy) is 1. The van der Waals surface area contributed by atoms with Gasteiger partial charge in [0.25, 0.3) is 0 Å². The second kappa shape index (κ2) is 7.66. The highest BCUT2D eigenvalue weighted by Crippen LogP contribution is 2.37. The predicted octanol–water partition coefficient (Wildman–Crippen LogP) is -2.18. The van der Waals surface area contributed by atoms with Gasteiger partial charge in [-0.25, -0.2) is 4.79 Å². The van der Waals surface area contributed by atoms with Crippen molar-refractivity contribution in [1.82, 2.24) is 10.3 Å². The normalized spacial score (nSPS) is 37.3. The summed E-state index contributed by atoms with van der Waals surface area (Å²) < 4.78 is 5.02. The minimum absolute atomic E-state index is 0.135. The number of urea groups is 1. The van der Waals surface area contributed by atoms with E-state index in [9.17, 15) is 30.1 Å². The van der Waals surface area contributed by atoms with Crippen LogP contribution in [0.25, 0.3) is 0 Å². The van der Waals surface area contributed by atoms with Crippen LogP contribution in [0.5, 0.6) is 0 Å². The number of amides is 2. The van der Waals surface area contributed by atoms with Crippen LogP contribution in [0.1, 0.15) is 13.3 Å². The Labute approximate surface area is 136 Å². The van der Waals surface area contributed by atoms with Gasteiger partial charge in [0.05, 0.1) is 18.4 Å². The van der Waals surface area contributed by atoms with Crippen LogP contribution in [-0.2, 0) is 4.74 Å². The molecule has 1 heterocycles. The van der Waals surface area contributed by atoms with Crippen molar-refractivity contribution in [2.24, 2.45) is 5.29 Å². The van der Waals surface area contributed by atoms with Gasteiger partial charge in [-0.15, -0.1) is 16.5 Å². The first-order chi connectivity index (χ1) is 10.7. The van der Waals surface area contributed by atoms with Gasteiger partial charge in [0.1, 0.15) is 18.3 Å². The van der Waals surface area contributed by atoms with E-state index in [4.69, 9.17) is 21.4 Å². The third-order valence-corrected chi connectivity index (χ3v) is 3.83. The second-order valence-electron chi connectivity index (χ2n) is 5.00. The lowest BCUT2D eigenvalue weighted by Gasteiger charge is -2.52. The van der Waals surface area contributed by atoms with Gasteiger partial charge in [0.15, 0.2) is 0 Å². The number of nitrogens with one attached hydrogen (secondary N) is 1. The molecule has 1 fully saturated rings. The molecular weight excluding hydrogens is 338 g/mol. The monoisotopic (exact) mass is 357 g/mol. The zero-order chi connectivity index (χ0) is 17.8. The Morgan fingerprint density at radius 1 is 1.43 bits per heavy atom. The van der Waals surface area contributed by atoms with E-state index >= 15 is 0 Å². The second-order valence-corrected chi connectivity index (χ2v) is 5.38. The molecule has 0 unspecified atom stereocenters. The van der Waals surface area contributed by atoms with Gasteiger partial charge in [-0.1, -0.05) is 6.92 Å². The molecule has 0 aromatic rings. The minimum Gasteiger partial charge on any atom is -0.394 e. The maximum atomic E-state index is 11.9. The van der Waals surface area contributed by atoms with Crippen LogP contribution >= 0.6 is 11.6 Å². The molecule has 0 bridgehead atoms. The van der Waals surface area contributed by atoms with Gasteiger partial charge in [-0.2, -0.15) is 5.01 Å². The van der Waals surface area contributed by atoms with E-state index in [0.717, 1.165) is 0 Å². The standard InChI is InChI=1S/C11H20ClN3O8/c1-2-10(20)11(21,8(18)7(17)6(5-16)23-10)13-9(19)15(14-22)4-3-12/h6-8,16-18,20-21H,2-5H2,1H3,(H,13,19)/t6-,7-,8+,10+,11-/m1/s1. The Morgan fingerprint density at radius 3 is 2.48 bits per heavy atom. The summed E-state index contributed by atoms with van der Waals surface area (Å²) in [6, 6.07) is -1.27. The van der Waals surface area contributed by atoms with Gasteiger partial charge in [0, 0.05) is 12.3 Å². The van der Waals surface area contributed by atoms with Crippen molar-refractivity contribution in [2.75, 3.05) is 19.0 Å². The van der Waals surface area contributed by atoms with Crippen molar-refractivity contribution in [3.8, 4) is 0 Å². The lowest BCUT2D eigenvalue weighted by Crippen LogP contribution is -2.79. The molecule has 0 aromatic heterocycles. The first-order valence-electron chi connectivity index (χ1n) is 6.79. The molecule has 1 saturated heterocycles. The third-order valence-electron chi connectivity index (χ3n) is 3.66. The number of rotatable bonds is 6. The number of hydrogen-bond acceptors (Lipinski definition) is 9. The fourth-order valence-corrected chi connectivity index (χ4v) is 2.41. The molecule has 23 heavy (non-hydrogen) atoms. The highest BCUT2D eigenvalue weighted by Gasteiger charge is 2.63. The number of aliphatic hydroxyl groups excluding tert-OH is 3. The summed E-state index contributed by atoms with van der Waals surface area (Å²) in [5.74, 6) is -2.67. The van der Waals surface area contributed by atoms with E-state index < -0.39 is 42.5 Å². The molecule has 0 radical (unpaired) electrons. The minimum atomic E-state index is -2.86. The molecule has 134 valence electrons. The van der Waals surface area contributed by atoms with Crippen LogP contribution in [0.15, 0.2) is 5.29 Å². The van der Waals surface area contributed by atoms with E-state index in [1.807, 2.05) is 5.32 Å². The number of alkyl halides is 1. The molecule has 1 rings (SSSR count). The smallest absolute Gasteiger partial charge is 0.342 e. The Hall–Kier alpha value is -1.08. The fraction of sp³-hybridized carbons (Fsp3) is 0.909. The first-order valence-corrected chi connectivity index (χ1v) is 7.32. The van der Waals surface area contributed by atoms with Crippen LogP contribution < -0.4 is 5.32 Å². The van der Waals surface area contributed by atoms with E-state index in [0.29, 0.717) is 5.01 Å². The molecule has 0 saturated carbocycles. The van der Waals surface area contributed by atoms with Crippen LogP contribution in [0.3, 0.4) is 0 Å². The maximum absolute atomic E-state index is 11.9. The Bertz CT molecular complexity index is 443. The third kappa shape index (κ3) is 3.55. The van der Waals surface area contributed by atoms with Gasteiger partial charge in [-0.05, 0) is 0 Å². The Kier molecular flexibility index (Phi) is 6.65. The predicted molar refractivity (Wildman–Crippen MR) is 75.9 cm³/mol. The summed E-state index contributed by atoms with van der Waals surface area (Å²) in [7, 11) is 0. The molecule has 6 N–H and O–H groups in total. The van der Waals surface area contributed by atoms with E-state index in [1.54, 1.807) is 0 Å². The van der Waals surface area contributed by atoms with Crippen LogP contribution in [-0.4, -0.2) is 85.4 Å². The van der Waals surface area contributed by atoms with Crippen molar-refractivity contribution in [2.45, 2.75) is 43.2 Å². The Morgan fingerprint density at radius 2 is 2.04 bits per heavy atom. The molecule has 1 aliphatic rings. The van der Waals surface area contributed by atoms with Gasteiger partial charge >= 0.3 is 6.03 Å². The van der Waals surface area contributed by atoms with Crippen LogP contribution in [0.2, 0.25) is 0 Å². The number of aliphatic hydroxyl groups is 5. The van der Waals surface area contributed by atoms with Crippen molar-refractivity contribution in [3.63, 3.8) is 0 Å². The van der Waals surface area contributed by atoms with Gasteiger partial charge in [0.2, 0.25) is 11.5 Å². The quantitative estimate of drug-likeness (QED) is 0.135. The lowest BCUT2D eigenvalue weighted by atomic mass is 9.85. The van der Waals surface area contributed by atoms with Gasteiger partial charge < -0.3 is 35.6 Å². The molecule has 0 aromatic carbocycles. The molecule has 11 nitrogen and oxygen atoms in total. The molecule has 2 amide bonds. The molecule has 12 heteroatoms. The number of nitroso groups, excluding NO2 is 1. The number of halogens is 1. The fourth-order valence-electron chi connectivity index (χ4n) is 2.25. The Balaban J connectivity index is 3.12. The summed E-state index contributed by atoms with van der Waals surface area (Å²) in [6.07, 6.45) is -5.65. The molecule has 0 aliphatic carbocycles. The summed E-state index contributed by atoms with van der Waals surface area (Å²) in [6.45, 7) is 0.319. The zero-order valence-corrected chi connectivity index (χ0v) is 13.0. The average Bonchev–Trinajstić information content (AvgIpc) is 2.54. The first kappa shape index (κ1) is 20.0. The van der Waals surface area contributed by atoms with Crippen molar-refractivity contribution in [1.29, 1.82) is 0 Å². The number of carbonyl (C=O) groups excluding carboxylic acids is 1. The lowest BCUT2D eigenvalue weighted by molar-refractivity contribution is -0.395. The number of carbonyl (C=O) groups is 1.